The highest BCUT2D eigenvalue weighted by molar-refractivity contribution is 8.01. The molecule has 1 aliphatic heterocycles. The van der Waals surface area contributed by atoms with Crippen LogP contribution in [0, 0.1) is 0 Å². The van der Waals surface area contributed by atoms with Crippen molar-refractivity contribution in [1.82, 2.24) is 0 Å². The lowest BCUT2D eigenvalue weighted by molar-refractivity contribution is -0.117. The number of hydrogen-bond donors (Lipinski definition) is 1. The first-order chi connectivity index (χ1) is 6.81. The van der Waals surface area contributed by atoms with Gasteiger partial charge in [0, 0.05) is 11.3 Å². The van der Waals surface area contributed by atoms with Crippen molar-refractivity contribution in [3.63, 3.8) is 0 Å². The highest BCUT2D eigenvalue weighted by Crippen LogP contribution is 2.36. The Morgan fingerprint density at radius 3 is 3.00 bits per heavy atom. The van der Waals surface area contributed by atoms with E-state index in [1.807, 2.05) is 24.3 Å². The summed E-state index contributed by atoms with van der Waals surface area (Å²) in [5.41, 5.74) is 0.838. The molecule has 14 heavy (non-hydrogen) atoms. The zero-order valence-electron chi connectivity index (χ0n) is 7.40. The number of hydrogen-bond acceptors (Lipinski definition) is 3. The second-order valence-corrected chi connectivity index (χ2v) is 4.24. The number of para-hydroxylation sites is 1. The normalized spacial score (nSPS) is 19.7. The Bertz CT molecular complexity index is 378. The minimum absolute atomic E-state index is 0.0826. The zero-order valence-corrected chi connectivity index (χ0v) is 8.21. The number of carbonyl (C=O) groups is 2. The number of anilines is 1. The summed E-state index contributed by atoms with van der Waals surface area (Å²) in [5.74, 6) is -0.0826. The first-order valence-electron chi connectivity index (χ1n) is 4.31. The van der Waals surface area contributed by atoms with Gasteiger partial charge in [0.2, 0.25) is 5.91 Å². The predicted octanol–water partition coefficient (Wildman–Crippen LogP) is 1.69. The van der Waals surface area contributed by atoms with Crippen molar-refractivity contribution < 1.29 is 9.59 Å². The number of thioether (sulfide) groups is 1. The van der Waals surface area contributed by atoms with Gasteiger partial charge in [0.25, 0.3) is 0 Å². The quantitative estimate of drug-likeness (QED) is 0.751. The van der Waals surface area contributed by atoms with Crippen LogP contribution in [0.4, 0.5) is 5.69 Å². The molecule has 4 heteroatoms. The van der Waals surface area contributed by atoms with E-state index >= 15 is 0 Å². The standard InChI is InChI=1S/C10H9NO2S/c12-6-5-9-10(13)11-7-3-1-2-4-8(7)14-9/h1-4,6,9H,5H2,(H,11,13). The van der Waals surface area contributed by atoms with E-state index in [4.69, 9.17) is 0 Å². The van der Waals surface area contributed by atoms with Crippen molar-refractivity contribution in [2.24, 2.45) is 0 Å². The van der Waals surface area contributed by atoms with E-state index in [1.165, 1.54) is 11.8 Å². The summed E-state index contributed by atoms with van der Waals surface area (Å²) in [5, 5.41) is 2.50. The van der Waals surface area contributed by atoms with E-state index in [2.05, 4.69) is 5.32 Å². The number of nitrogens with one attached hydrogen (secondary N) is 1. The van der Waals surface area contributed by atoms with Gasteiger partial charge in [-0.3, -0.25) is 4.79 Å². The Balaban J connectivity index is 2.26. The Kier molecular flexibility index (Phi) is 2.54. The molecule has 0 saturated heterocycles. The Morgan fingerprint density at radius 2 is 2.21 bits per heavy atom. The summed E-state index contributed by atoms with van der Waals surface area (Å²) in [6.45, 7) is 0. The maximum absolute atomic E-state index is 11.5. The molecule has 1 unspecified atom stereocenters. The van der Waals surface area contributed by atoms with Crippen molar-refractivity contribution in [2.45, 2.75) is 16.6 Å². The summed E-state index contributed by atoms with van der Waals surface area (Å²) in [7, 11) is 0. The number of amides is 1. The van der Waals surface area contributed by atoms with Crippen LogP contribution in [0.15, 0.2) is 29.2 Å². The highest BCUT2D eigenvalue weighted by atomic mass is 32.2. The van der Waals surface area contributed by atoms with Crippen LogP contribution < -0.4 is 5.32 Å². The molecule has 3 nitrogen and oxygen atoms in total. The maximum atomic E-state index is 11.5. The van der Waals surface area contributed by atoms with Crippen molar-refractivity contribution in [3.05, 3.63) is 24.3 Å². The van der Waals surface area contributed by atoms with Crippen molar-refractivity contribution in [3.8, 4) is 0 Å². The zero-order chi connectivity index (χ0) is 9.97. The van der Waals surface area contributed by atoms with E-state index in [9.17, 15) is 9.59 Å². The third-order valence-corrected chi connectivity index (χ3v) is 3.32. The molecule has 0 aromatic heterocycles. The monoisotopic (exact) mass is 207 g/mol. The lowest BCUT2D eigenvalue weighted by atomic mass is 10.2. The summed E-state index contributed by atoms with van der Waals surface area (Å²) in [4.78, 5) is 22.8. The Morgan fingerprint density at radius 1 is 1.43 bits per heavy atom. The van der Waals surface area contributed by atoms with Gasteiger partial charge in [-0.1, -0.05) is 12.1 Å². The molecular weight excluding hydrogens is 198 g/mol. The molecule has 2 rings (SSSR count). The summed E-state index contributed by atoms with van der Waals surface area (Å²) in [6, 6.07) is 7.59. The fraction of sp³-hybridized carbons (Fsp3) is 0.200. The SMILES string of the molecule is O=CCC1Sc2ccccc2NC1=O. The van der Waals surface area contributed by atoms with Gasteiger partial charge in [0.15, 0.2) is 0 Å². The average Bonchev–Trinajstić information content (AvgIpc) is 2.19. The van der Waals surface area contributed by atoms with Crippen LogP contribution in [0.2, 0.25) is 0 Å². The van der Waals surface area contributed by atoms with Crippen LogP contribution in [0.5, 0.6) is 0 Å². The fourth-order valence-electron chi connectivity index (χ4n) is 1.34. The van der Waals surface area contributed by atoms with Gasteiger partial charge in [-0.05, 0) is 12.1 Å². The molecule has 1 atom stereocenters. The third kappa shape index (κ3) is 1.65. The van der Waals surface area contributed by atoms with E-state index < -0.39 is 0 Å². The molecule has 0 bridgehead atoms. The first kappa shape index (κ1) is 9.27. The molecule has 1 aromatic carbocycles. The van der Waals surface area contributed by atoms with E-state index in [0.29, 0.717) is 0 Å². The van der Waals surface area contributed by atoms with Gasteiger partial charge in [0.05, 0.1) is 10.9 Å². The minimum atomic E-state index is -0.276. The predicted molar refractivity (Wildman–Crippen MR) is 55.4 cm³/mol. The maximum Gasteiger partial charge on any atom is 0.238 e. The molecule has 0 saturated carbocycles. The van der Waals surface area contributed by atoms with Gasteiger partial charge in [0.1, 0.15) is 6.29 Å². The van der Waals surface area contributed by atoms with Gasteiger partial charge < -0.3 is 10.1 Å². The van der Waals surface area contributed by atoms with Crippen LogP contribution in [0.25, 0.3) is 0 Å². The van der Waals surface area contributed by atoms with Crippen molar-refractivity contribution in [1.29, 1.82) is 0 Å². The Hall–Kier alpha value is -1.29. The molecule has 0 radical (unpaired) electrons. The minimum Gasteiger partial charge on any atom is -0.324 e. The summed E-state index contributed by atoms with van der Waals surface area (Å²) >= 11 is 1.45. The molecular formula is C10H9NO2S. The molecule has 0 spiro atoms. The lowest BCUT2D eigenvalue weighted by Gasteiger charge is -2.22. The number of aldehydes is 1. The third-order valence-electron chi connectivity index (χ3n) is 2.02. The molecule has 0 fully saturated rings. The van der Waals surface area contributed by atoms with E-state index in [0.717, 1.165) is 16.9 Å². The number of benzene rings is 1. The molecule has 1 amide bonds. The molecule has 1 aromatic rings. The van der Waals surface area contributed by atoms with Crippen molar-refractivity contribution in [2.75, 3.05) is 5.32 Å². The second-order valence-electron chi connectivity index (χ2n) is 2.99. The number of carbonyl (C=O) groups excluding carboxylic acids is 2. The molecule has 1 aliphatic rings. The van der Waals surface area contributed by atoms with E-state index in [1.54, 1.807) is 0 Å². The molecule has 1 N–H and O–H groups in total. The van der Waals surface area contributed by atoms with Gasteiger partial charge in [-0.15, -0.1) is 11.8 Å². The average molecular weight is 207 g/mol. The smallest absolute Gasteiger partial charge is 0.238 e. The van der Waals surface area contributed by atoms with Crippen LogP contribution in [0.1, 0.15) is 6.42 Å². The topological polar surface area (TPSA) is 46.2 Å². The van der Waals surface area contributed by atoms with E-state index in [-0.39, 0.29) is 17.6 Å². The second kappa shape index (κ2) is 3.84. The molecule has 0 aliphatic carbocycles. The van der Waals surface area contributed by atoms with Gasteiger partial charge in [-0.2, -0.15) is 0 Å². The highest BCUT2D eigenvalue weighted by Gasteiger charge is 2.25. The number of fused-ring (bicyclic) bond motifs is 1. The Labute approximate surface area is 85.9 Å². The van der Waals surface area contributed by atoms with Crippen LogP contribution in [0.3, 0.4) is 0 Å². The van der Waals surface area contributed by atoms with Crippen molar-refractivity contribution >= 4 is 29.6 Å². The number of rotatable bonds is 2. The fourth-order valence-corrected chi connectivity index (χ4v) is 2.39. The summed E-state index contributed by atoms with van der Waals surface area (Å²) in [6.07, 6.45) is 1.05. The largest absolute Gasteiger partial charge is 0.324 e. The van der Waals surface area contributed by atoms with Crippen LogP contribution in [-0.4, -0.2) is 17.4 Å². The molecule has 72 valence electrons. The van der Waals surface area contributed by atoms with Crippen LogP contribution >= 0.6 is 11.8 Å². The lowest BCUT2D eigenvalue weighted by Crippen LogP contribution is -2.29. The van der Waals surface area contributed by atoms with Crippen LogP contribution in [-0.2, 0) is 9.59 Å². The van der Waals surface area contributed by atoms with Gasteiger partial charge in [-0.25, -0.2) is 0 Å². The first-order valence-corrected chi connectivity index (χ1v) is 5.19. The van der Waals surface area contributed by atoms with Gasteiger partial charge >= 0.3 is 0 Å². The molecule has 1 heterocycles. The summed E-state index contributed by atoms with van der Waals surface area (Å²) < 4.78 is 0.